The average molecular weight is 382 g/mol. The third kappa shape index (κ3) is 5.33. The van der Waals surface area contributed by atoms with Gasteiger partial charge in [-0.25, -0.2) is 18.7 Å². The van der Waals surface area contributed by atoms with Gasteiger partial charge in [0.15, 0.2) is 0 Å². The van der Waals surface area contributed by atoms with Gasteiger partial charge in [0.2, 0.25) is 5.95 Å². The molecule has 144 valence electrons. The molecule has 1 heterocycles. The molecule has 28 heavy (non-hydrogen) atoms. The van der Waals surface area contributed by atoms with E-state index in [1.165, 1.54) is 17.7 Å². The third-order valence-corrected chi connectivity index (χ3v) is 4.03. The molecular weight excluding hydrogens is 362 g/mol. The van der Waals surface area contributed by atoms with Crippen molar-refractivity contribution in [2.75, 3.05) is 17.2 Å². The number of aromatic nitrogens is 2. The van der Waals surface area contributed by atoms with Crippen LogP contribution in [0.2, 0.25) is 0 Å². The summed E-state index contributed by atoms with van der Waals surface area (Å²) < 4.78 is 26.7. The van der Waals surface area contributed by atoms with E-state index in [9.17, 15) is 13.6 Å². The fraction of sp³-hybridized carbons (Fsp3) is 0.190. The summed E-state index contributed by atoms with van der Waals surface area (Å²) in [6.45, 7) is 2.39. The van der Waals surface area contributed by atoms with Crippen molar-refractivity contribution < 1.29 is 13.6 Å². The van der Waals surface area contributed by atoms with Gasteiger partial charge < -0.3 is 10.6 Å². The molecule has 0 bridgehead atoms. The van der Waals surface area contributed by atoms with E-state index in [1.54, 1.807) is 6.92 Å². The Kier molecular flexibility index (Phi) is 6.26. The number of rotatable bonds is 7. The smallest absolute Gasteiger partial charge is 0.274 e. The number of hydrogen-bond acceptors (Lipinski definition) is 4. The lowest BCUT2D eigenvalue weighted by atomic mass is 10.1. The molecule has 0 saturated heterocycles. The van der Waals surface area contributed by atoms with Crippen molar-refractivity contribution in [1.29, 1.82) is 0 Å². The fourth-order valence-corrected chi connectivity index (χ4v) is 2.68. The van der Waals surface area contributed by atoms with Crippen molar-refractivity contribution in [1.82, 2.24) is 9.97 Å². The monoisotopic (exact) mass is 382 g/mol. The first-order valence-electron chi connectivity index (χ1n) is 8.91. The summed E-state index contributed by atoms with van der Waals surface area (Å²) in [5, 5.41) is 5.51. The van der Waals surface area contributed by atoms with Crippen LogP contribution < -0.4 is 10.6 Å². The highest BCUT2D eigenvalue weighted by Crippen LogP contribution is 2.16. The van der Waals surface area contributed by atoms with Gasteiger partial charge in [0, 0.05) is 18.3 Å². The molecule has 0 aliphatic carbocycles. The van der Waals surface area contributed by atoms with E-state index >= 15 is 0 Å². The Bertz CT molecular complexity index is 964. The van der Waals surface area contributed by atoms with Gasteiger partial charge >= 0.3 is 0 Å². The first-order valence-corrected chi connectivity index (χ1v) is 8.91. The summed E-state index contributed by atoms with van der Waals surface area (Å²) in [4.78, 5) is 20.8. The maximum atomic E-state index is 13.7. The zero-order chi connectivity index (χ0) is 19.9. The minimum absolute atomic E-state index is 0.0989. The molecule has 1 amide bonds. The van der Waals surface area contributed by atoms with Gasteiger partial charge in [0.25, 0.3) is 5.91 Å². The van der Waals surface area contributed by atoms with Crippen molar-refractivity contribution >= 4 is 17.5 Å². The van der Waals surface area contributed by atoms with Crippen LogP contribution >= 0.6 is 0 Å². The number of carbonyl (C=O) groups is 1. The Morgan fingerprint density at radius 3 is 2.57 bits per heavy atom. The maximum absolute atomic E-state index is 13.7. The molecule has 2 aromatic carbocycles. The van der Waals surface area contributed by atoms with Crippen LogP contribution in [0.15, 0.2) is 54.6 Å². The summed E-state index contributed by atoms with van der Waals surface area (Å²) in [7, 11) is 0. The second kappa shape index (κ2) is 9.03. The number of aryl methyl sites for hydroxylation is 2. The van der Waals surface area contributed by atoms with E-state index in [-0.39, 0.29) is 11.4 Å². The molecule has 2 N–H and O–H groups in total. The lowest BCUT2D eigenvalue weighted by Gasteiger charge is -2.09. The number of carbonyl (C=O) groups excluding carboxylic acids is 1. The Hall–Kier alpha value is -3.35. The molecule has 0 aliphatic rings. The number of benzene rings is 2. The largest absolute Gasteiger partial charge is 0.354 e. The molecule has 0 radical (unpaired) electrons. The lowest BCUT2D eigenvalue weighted by molar-refractivity contribution is 0.102. The van der Waals surface area contributed by atoms with Crippen LogP contribution in [0.1, 0.15) is 28.2 Å². The summed E-state index contributed by atoms with van der Waals surface area (Å²) in [6, 6.07) is 14.6. The summed E-state index contributed by atoms with van der Waals surface area (Å²) in [6.07, 6.45) is 1.79. The maximum Gasteiger partial charge on any atom is 0.274 e. The SMILES string of the molecule is Cc1cc(C(=O)Nc2ccc(F)cc2F)nc(NCCCc2ccccc2)n1. The first-order chi connectivity index (χ1) is 13.5. The Balaban J connectivity index is 1.61. The Morgan fingerprint density at radius 1 is 1.04 bits per heavy atom. The molecule has 0 aliphatic heterocycles. The van der Waals surface area contributed by atoms with Crippen LogP contribution in [0.4, 0.5) is 20.4 Å². The van der Waals surface area contributed by atoms with E-state index in [0.717, 1.165) is 18.9 Å². The van der Waals surface area contributed by atoms with E-state index in [4.69, 9.17) is 0 Å². The first kappa shape index (κ1) is 19.4. The predicted octanol–water partition coefficient (Wildman–Crippen LogP) is 4.36. The molecule has 0 unspecified atom stereocenters. The number of anilines is 2. The molecule has 3 rings (SSSR count). The molecular formula is C21H20F2N4O. The van der Waals surface area contributed by atoms with E-state index in [1.807, 2.05) is 18.2 Å². The predicted molar refractivity (Wildman–Crippen MR) is 104 cm³/mol. The quantitative estimate of drug-likeness (QED) is 0.596. The van der Waals surface area contributed by atoms with Crippen molar-refractivity contribution in [3.05, 3.63) is 83.2 Å². The zero-order valence-corrected chi connectivity index (χ0v) is 15.4. The molecule has 3 aromatic rings. The number of nitrogens with zero attached hydrogens (tertiary/aromatic N) is 2. The van der Waals surface area contributed by atoms with Crippen LogP contribution in [-0.2, 0) is 6.42 Å². The second-order valence-electron chi connectivity index (χ2n) is 6.31. The van der Waals surface area contributed by atoms with Gasteiger partial charge in [0.1, 0.15) is 17.3 Å². The van der Waals surface area contributed by atoms with Gasteiger partial charge in [-0.05, 0) is 43.5 Å². The highest BCUT2D eigenvalue weighted by Gasteiger charge is 2.13. The Morgan fingerprint density at radius 2 is 1.82 bits per heavy atom. The third-order valence-electron chi connectivity index (χ3n) is 4.03. The van der Waals surface area contributed by atoms with Gasteiger partial charge in [0.05, 0.1) is 5.69 Å². The van der Waals surface area contributed by atoms with Crippen molar-refractivity contribution in [2.24, 2.45) is 0 Å². The molecule has 0 fully saturated rings. The molecule has 5 nitrogen and oxygen atoms in total. The van der Waals surface area contributed by atoms with Gasteiger partial charge in [-0.3, -0.25) is 4.79 Å². The highest BCUT2D eigenvalue weighted by atomic mass is 19.1. The van der Waals surface area contributed by atoms with Crippen LogP contribution in [0, 0.1) is 18.6 Å². The number of hydrogen-bond donors (Lipinski definition) is 2. The van der Waals surface area contributed by atoms with Gasteiger partial charge in [-0.2, -0.15) is 0 Å². The summed E-state index contributed by atoms with van der Waals surface area (Å²) >= 11 is 0. The molecule has 0 saturated carbocycles. The normalized spacial score (nSPS) is 10.5. The van der Waals surface area contributed by atoms with Gasteiger partial charge in [-0.1, -0.05) is 30.3 Å². The van der Waals surface area contributed by atoms with Crippen LogP contribution in [0.3, 0.4) is 0 Å². The van der Waals surface area contributed by atoms with Crippen LogP contribution in [-0.4, -0.2) is 22.4 Å². The minimum Gasteiger partial charge on any atom is -0.354 e. The average Bonchev–Trinajstić information content (AvgIpc) is 2.68. The van der Waals surface area contributed by atoms with E-state index in [2.05, 4.69) is 32.7 Å². The molecule has 1 aromatic heterocycles. The summed E-state index contributed by atoms with van der Waals surface area (Å²) in [5.74, 6) is -1.82. The van der Waals surface area contributed by atoms with Crippen LogP contribution in [0.5, 0.6) is 0 Å². The van der Waals surface area contributed by atoms with Crippen molar-refractivity contribution in [2.45, 2.75) is 19.8 Å². The fourth-order valence-electron chi connectivity index (χ4n) is 2.68. The number of nitrogens with one attached hydrogen (secondary N) is 2. The minimum atomic E-state index is -0.849. The highest BCUT2D eigenvalue weighted by molar-refractivity contribution is 6.03. The second-order valence-corrected chi connectivity index (χ2v) is 6.31. The van der Waals surface area contributed by atoms with Crippen molar-refractivity contribution in [3.8, 4) is 0 Å². The lowest BCUT2D eigenvalue weighted by Crippen LogP contribution is -2.17. The van der Waals surface area contributed by atoms with E-state index < -0.39 is 17.5 Å². The van der Waals surface area contributed by atoms with Gasteiger partial charge in [-0.15, -0.1) is 0 Å². The number of amides is 1. The van der Waals surface area contributed by atoms with Crippen molar-refractivity contribution in [3.63, 3.8) is 0 Å². The Labute approximate surface area is 161 Å². The molecule has 7 heteroatoms. The standard InChI is InChI=1S/C21H20F2N4O/c1-14-12-19(20(28)26-18-10-9-16(22)13-17(18)23)27-21(25-14)24-11-5-8-15-6-3-2-4-7-15/h2-4,6-7,9-10,12-13H,5,8,11H2,1H3,(H,26,28)(H,24,25,27). The van der Waals surface area contributed by atoms with E-state index in [0.29, 0.717) is 24.3 Å². The van der Waals surface area contributed by atoms with Crippen LogP contribution in [0.25, 0.3) is 0 Å². The summed E-state index contributed by atoms with van der Waals surface area (Å²) in [5.41, 5.74) is 1.84. The molecule has 0 atom stereocenters. The zero-order valence-electron chi connectivity index (χ0n) is 15.4. The topological polar surface area (TPSA) is 66.9 Å². The number of halogens is 2. The molecule has 0 spiro atoms.